The van der Waals surface area contributed by atoms with Crippen LogP contribution in [-0.4, -0.2) is 31.1 Å². The van der Waals surface area contributed by atoms with E-state index in [1.165, 1.54) is 0 Å². The van der Waals surface area contributed by atoms with Crippen molar-refractivity contribution in [3.8, 4) is 6.07 Å². The number of esters is 2. The fourth-order valence-electron chi connectivity index (χ4n) is 3.83. The van der Waals surface area contributed by atoms with E-state index in [9.17, 15) is 38.1 Å². The van der Waals surface area contributed by atoms with Gasteiger partial charge in [-0.05, 0) is 17.7 Å². The molecule has 36 heavy (non-hydrogen) atoms. The van der Waals surface area contributed by atoms with Gasteiger partial charge in [-0.25, -0.2) is 9.59 Å². The van der Waals surface area contributed by atoms with Crippen molar-refractivity contribution in [3.63, 3.8) is 0 Å². The molecule has 0 bridgehead atoms. The molecule has 0 saturated heterocycles. The normalized spacial score (nSPS) is 15.9. The molecule has 0 fully saturated rings. The first-order valence-corrected chi connectivity index (χ1v) is 9.99. The number of nitro benzene ring substituents is 1. The summed E-state index contributed by atoms with van der Waals surface area (Å²) in [6.07, 6.45) is -5.16. The first-order chi connectivity index (χ1) is 17.0. The number of nitrogens with zero attached hydrogens (tertiary/aromatic N) is 3. The van der Waals surface area contributed by atoms with E-state index in [1.54, 1.807) is 30.3 Å². The largest absolute Gasteiger partial charge is 0.466 e. The average Bonchev–Trinajstić information content (AvgIpc) is 2.86. The molecule has 13 heteroatoms. The number of carbonyl (C=O) groups is 2. The number of benzene rings is 2. The van der Waals surface area contributed by atoms with Crippen LogP contribution in [0.5, 0.6) is 0 Å². The Kier molecular flexibility index (Phi) is 7.00. The maximum Gasteiger partial charge on any atom is 0.423 e. The number of hydrogen-bond acceptors (Lipinski definition) is 9. The number of hydrogen-bond donors (Lipinski definition) is 1. The molecule has 186 valence electrons. The Labute approximate surface area is 201 Å². The van der Waals surface area contributed by atoms with Crippen LogP contribution in [0, 0.1) is 21.4 Å². The van der Waals surface area contributed by atoms with Gasteiger partial charge in [0.15, 0.2) is 0 Å². The van der Waals surface area contributed by atoms with Gasteiger partial charge in [-0.15, -0.1) is 0 Å². The van der Waals surface area contributed by atoms with Crippen LogP contribution in [0.15, 0.2) is 71.2 Å². The van der Waals surface area contributed by atoms with Crippen molar-refractivity contribution < 1.29 is 37.2 Å². The van der Waals surface area contributed by atoms with Crippen LogP contribution in [-0.2, 0) is 25.2 Å². The summed E-state index contributed by atoms with van der Waals surface area (Å²) in [5, 5.41) is 21.1. The Balaban J connectivity index is 2.45. The summed E-state index contributed by atoms with van der Waals surface area (Å²) < 4.78 is 50.6. The lowest BCUT2D eigenvalue weighted by molar-refractivity contribution is -0.388. The Morgan fingerprint density at radius 2 is 1.72 bits per heavy atom. The highest BCUT2D eigenvalue weighted by Gasteiger charge is 2.44. The molecule has 0 amide bonds. The molecule has 1 heterocycles. The molecule has 0 aromatic heterocycles. The summed E-state index contributed by atoms with van der Waals surface area (Å²) >= 11 is 0. The average molecular weight is 502 g/mol. The minimum Gasteiger partial charge on any atom is -0.466 e. The molecule has 0 aliphatic carbocycles. The molecule has 2 aromatic carbocycles. The van der Waals surface area contributed by atoms with Gasteiger partial charge in [0.05, 0.1) is 42.3 Å². The highest BCUT2D eigenvalue weighted by atomic mass is 19.4. The topological polar surface area (TPSA) is 149 Å². The number of nitrogens with two attached hydrogens (primary N) is 1. The number of methoxy groups -OCH3 is 2. The summed E-state index contributed by atoms with van der Waals surface area (Å²) in [5.41, 5.74) is 1.90. The molecule has 3 rings (SSSR count). The Morgan fingerprint density at radius 1 is 1.11 bits per heavy atom. The van der Waals surface area contributed by atoms with E-state index in [-0.39, 0.29) is 5.57 Å². The SMILES string of the molecule is COC(=O)C1=C(C(=O)OC)N(c2ccc([N+](=O)[O-])c(C(F)(F)F)c2)C(N)=C(C#N)C1c1ccccc1. The lowest BCUT2D eigenvalue weighted by atomic mass is 9.81. The number of alkyl halides is 3. The van der Waals surface area contributed by atoms with Crippen LogP contribution in [0.3, 0.4) is 0 Å². The highest BCUT2D eigenvalue weighted by Crippen LogP contribution is 2.45. The van der Waals surface area contributed by atoms with Gasteiger partial charge in [-0.3, -0.25) is 15.0 Å². The van der Waals surface area contributed by atoms with Crippen molar-refractivity contribution in [2.24, 2.45) is 5.73 Å². The highest BCUT2D eigenvalue weighted by molar-refractivity contribution is 6.06. The molecule has 0 saturated carbocycles. The van der Waals surface area contributed by atoms with E-state index >= 15 is 0 Å². The number of halogens is 3. The zero-order chi connectivity index (χ0) is 26.8. The minimum atomic E-state index is -5.16. The maximum atomic E-state index is 13.7. The molecule has 2 aromatic rings. The van der Waals surface area contributed by atoms with Gasteiger partial charge in [0, 0.05) is 11.8 Å². The summed E-state index contributed by atoms with van der Waals surface area (Å²) in [5.74, 6) is -3.97. The molecule has 1 aliphatic rings. The number of nitriles is 1. The molecule has 1 aliphatic heterocycles. The standard InChI is InChI=1S/C23H17F3N4O6/c1-35-21(31)18-17(12-6-4-3-5-7-12)14(11-27)20(28)29(19(18)22(32)36-2)13-8-9-16(30(33)34)15(10-13)23(24,25)26/h3-10,17H,28H2,1-2H3. The zero-order valence-corrected chi connectivity index (χ0v) is 18.7. The Hall–Kier alpha value is -4.86. The predicted molar refractivity (Wildman–Crippen MR) is 118 cm³/mol. The second-order valence-electron chi connectivity index (χ2n) is 7.29. The summed E-state index contributed by atoms with van der Waals surface area (Å²) in [7, 11) is 1.98. The van der Waals surface area contributed by atoms with Crippen molar-refractivity contribution in [3.05, 3.63) is 92.4 Å². The van der Waals surface area contributed by atoms with Gasteiger partial charge >= 0.3 is 18.1 Å². The van der Waals surface area contributed by atoms with Gasteiger partial charge in [-0.1, -0.05) is 30.3 Å². The van der Waals surface area contributed by atoms with E-state index in [4.69, 9.17) is 15.2 Å². The second kappa shape index (κ2) is 9.79. The summed E-state index contributed by atoms with van der Waals surface area (Å²) in [6.45, 7) is 0. The van der Waals surface area contributed by atoms with Crippen LogP contribution in [0.4, 0.5) is 24.5 Å². The number of anilines is 1. The lowest BCUT2D eigenvalue weighted by Gasteiger charge is -2.36. The van der Waals surface area contributed by atoms with Crippen LogP contribution >= 0.6 is 0 Å². The molecule has 0 spiro atoms. The minimum absolute atomic E-state index is 0.277. The fourth-order valence-corrected chi connectivity index (χ4v) is 3.83. The monoisotopic (exact) mass is 502 g/mol. The third kappa shape index (κ3) is 4.43. The van der Waals surface area contributed by atoms with Crippen LogP contribution in [0.25, 0.3) is 0 Å². The summed E-state index contributed by atoms with van der Waals surface area (Å²) in [6, 6.07) is 11.7. The number of ether oxygens (including phenoxy) is 2. The van der Waals surface area contributed by atoms with Gasteiger partial charge in [-0.2, -0.15) is 18.4 Å². The first kappa shape index (κ1) is 25.8. The third-order valence-corrected chi connectivity index (χ3v) is 5.35. The fraction of sp³-hybridized carbons (Fsp3) is 0.174. The molecule has 10 nitrogen and oxygen atoms in total. The number of carbonyl (C=O) groups excluding carboxylic acids is 2. The van der Waals surface area contributed by atoms with Crippen LogP contribution in [0.1, 0.15) is 17.0 Å². The second-order valence-corrected chi connectivity index (χ2v) is 7.29. The summed E-state index contributed by atoms with van der Waals surface area (Å²) in [4.78, 5) is 36.6. The predicted octanol–water partition coefficient (Wildman–Crippen LogP) is 3.51. The zero-order valence-electron chi connectivity index (χ0n) is 18.7. The van der Waals surface area contributed by atoms with Gasteiger partial charge in [0.25, 0.3) is 5.69 Å². The van der Waals surface area contributed by atoms with Gasteiger partial charge < -0.3 is 15.2 Å². The molecule has 1 unspecified atom stereocenters. The van der Waals surface area contributed by atoms with Gasteiger partial charge in [0.1, 0.15) is 17.1 Å². The number of rotatable bonds is 5. The van der Waals surface area contributed by atoms with Crippen LogP contribution < -0.4 is 10.6 Å². The Bertz CT molecular complexity index is 1350. The molecule has 0 radical (unpaired) electrons. The van der Waals surface area contributed by atoms with Crippen molar-refractivity contribution in [1.82, 2.24) is 0 Å². The van der Waals surface area contributed by atoms with E-state index < -0.39 is 63.0 Å². The maximum absolute atomic E-state index is 13.7. The van der Waals surface area contributed by atoms with E-state index in [2.05, 4.69) is 0 Å². The van der Waals surface area contributed by atoms with Crippen molar-refractivity contribution in [2.45, 2.75) is 12.1 Å². The van der Waals surface area contributed by atoms with Gasteiger partial charge in [0.2, 0.25) is 0 Å². The van der Waals surface area contributed by atoms with Crippen molar-refractivity contribution in [2.75, 3.05) is 19.1 Å². The van der Waals surface area contributed by atoms with Crippen molar-refractivity contribution in [1.29, 1.82) is 5.26 Å². The van der Waals surface area contributed by atoms with E-state index in [0.717, 1.165) is 25.2 Å². The lowest BCUT2D eigenvalue weighted by Crippen LogP contribution is -2.40. The molecular formula is C23H17F3N4O6. The molecule has 1 atom stereocenters. The van der Waals surface area contributed by atoms with Crippen LogP contribution in [0.2, 0.25) is 0 Å². The Morgan fingerprint density at radius 3 is 2.22 bits per heavy atom. The molecule has 2 N–H and O–H groups in total. The number of nitro groups is 1. The molecular weight excluding hydrogens is 485 g/mol. The first-order valence-electron chi connectivity index (χ1n) is 9.99. The van der Waals surface area contributed by atoms with E-state index in [1.807, 2.05) is 6.07 Å². The quantitative estimate of drug-likeness (QED) is 0.368. The number of allylic oxidation sites excluding steroid dienone is 1. The third-order valence-electron chi connectivity index (χ3n) is 5.35. The van der Waals surface area contributed by atoms with E-state index in [0.29, 0.717) is 17.7 Å². The smallest absolute Gasteiger partial charge is 0.423 e. The van der Waals surface area contributed by atoms with Crippen molar-refractivity contribution >= 4 is 23.3 Å².